The standard InChI is InChI=1S/C25H16F3N5O2/c26-25(27,28)35-19-12-10-16(11-13-19)20-9-5-4-8-18(20)15-30-33-24-31-22(17-6-2-1-3-7-17)21(14-29)23(34)32-24/h1-13,15H,(H2,31,32,33,34). The summed E-state index contributed by atoms with van der Waals surface area (Å²) in [6, 6.07) is 23.3. The molecule has 4 rings (SSSR count). The van der Waals surface area contributed by atoms with E-state index in [1.165, 1.54) is 30.5 Å². The van der Waals surface area contributed by atoms with Gasteiger partial charge in [0.05, 0.1) is 11.9 Å². The zero-order valence-corrected chi connectivity index (χ0v) is 17.9. The lowest BCUT2D eigenvalue weighted by Crippen LogP contribution is -2.16. The van der Waals surface area contributed by atoms with E-state index in [1.54, 1.807) is 54.6 Å². The zero-order chi connectivity index (χ0) is 24.8. The van der Waals surface area contributed by atoms with Crippen molar-refractivity contribution >= 4 is 12.2 Å². The highest BCUT2D eigenvalue weighted by Crippen LogP contribution is 2.28. The number of aromatic amines is 1. The van der Waals surface area contributed by atoms with Gasteiger partial charge in [-0.25, -0.2) is 10.4 Å². The van der Waals surface area contributed by atoms with Crippen LogP contribution >= 0.6 is 0 Å². The average molecular weight is 475 g/mol. The van der Waals surface area contributed by atoms with Gasteiger partial charge in [-0.2, -0.15) is 10.4 Å². The second kappa shape index (κ2) is 9.93. The van der Waals surface area contributed by atoms with E-state index < -0.39 is 11.9 Å². The van der Waals surface area contributed by atoms with Crippen LogP contribution in [0.3, 0.4) is 0 Å². The quantitative estimate of drug-likeness (QED) is 0.290. The van der Waals surface area contributed by atoms with Crippen molar-refractivity contribution in [2.45, 2.75) is 6.36 Å². The Morgan fingerprint density at radius 3 is 2.34 bits per heavy atom. The maximum absolute atomic E-state index is 12.4. The number of rotatable bonds is 6. The molecule has 0 unspecified atom stereocenters. The molecule has 0 radical (unpaired) electrons. The van der Waals surface area contributed by atoms with Crippen LogP contribution in [0.25, 0.3) is 22.4 Å². The third kappa shape index (κ3) is 5.72. The van der Waals surface area contributed by atoms with Crippen LogP contribution in [0.4, 0.5) is 19.1 Å². The highest BCUT2D eigenvalue weighted by molar-refractivity contribution is 5.90. The molecule has 0 saturated carbocycles. The molecule has 0 atom stereocenters. The molecule has 1 aromatic heterocycles. The van der Waals surface area contributed by atoms with E-state index in [4.69, 9.17) is 0 Å². The molecule has 0 saturated heterocycles. The Morgan fingerprint density at radius 1 is 0.971 bits per heavy atom. The molecule has 174 valence electrons. The van der Waals surface area contributed by atoms with Gasteiger partial charge < -0.3 is 4.74 Å². The lowest BCUT2D eigenvalue weighted by atomic mass is 10.0. The molecule has 3 aromatic carbocycles. The summed E-state index contributed by atoms with van der Waals surface area (Å²) in [4.78, 5) is 19.2. The van der Waals surface area contributed by atoms with Crippen LogP contribution in [0.1, 0.15) is 11.1 Å². The van der Waals surface area contributed by atoms with Gasteiger partial charge in [0.25, 0.3) is 5.56 Å². The second-order valence-corrected chi connectivity index (χ2v) is 7.15. The first kappa shape index (κ1) is 23.3. The first-order valence-corrected chi connectivity index (χ1v) is 10.2. The maximum Gasteiger partial charge on any atom is 0.573 e. The van der Waals surface area contributed by atoms with Crippen LogP contribution in [-0.2, 0) is 0 Å². The number of benzene rings is 3. The van der Waals surface area contributed by atoms with Gasteiger partial charge in [0.15, 0.2) is 0 Å². The van der Waals surface area contributed by atoms with Gasteiger partial charge in [0, 0.05) is 11.1 Å². The van der Waals surface area contributed by atoms with Crippen molar-refractivity contribution in [2.75, 3.05) is 5.43 Å². The van der Waals surface area contributed by atoms with E-state index >= 15 is 0 Å². The molecular weight excluding hydrogens is 459 g/mol. The van der Waals surface area contributed by atoms with E-state index in [1.807, 2.05) is 6.07 Å². The number of aromatic nitrogens is 2. The number of hydrogen-bond donors (Lipinski definition) is 2. The molecule has 0 spiro atoms. The molecule has 0 bridgehead atoms. The molecule has 0 aliphatic heterocycles. The van der Waals surface area contributed by atoms with Crippen molar-refractivity contribution in [1.82, 2.24) is 9.97 Å². The second-order valence-electron chi connectivity index (χ2n) is 7.15. The van der Waals surface area contributed by atoms with Crippen LogP contribution in [0, 0.1) is 11.3 Å². The maximum atomic E-state index is 12.4. The summed E-state index contributed by atoms with van der Waals surface area (Å²) in [6.07, 6.45) is -3.28. The first-order chi connectivity index (χ1) is 16.8. The zero-order valence-electron chi connectivity index (χ0n) is 17.9. The van der Waals surface area contributed by atoms with Crippen molar-refractivity contribution in [2.24, 2.45) is 5.10 Å². The smallest absolute Gasteiger partial charge is 0.406 e. The fourth-order valence-corrected chi connectivity index (χ4v) is 3.31. The highest BCUT2D eigenvalue weighted by Gasteiger charge is 2.31. The molecular formula is C25H16F3N5O2. The summed E-state index contributed by atoms with van der Waals surface area (Å²) in [6.45, 7) is 0. The number of halogens is 3. The van der Waals surface area contributed by atoms with Crippen LogP contribution in [-0.4, -0.2) is 22.5 Å². The Balaban J connectivity index is 1.58. The fraction of sp³-hybridized carbons (Fsp3) is 0.0400. The number of nitrogens with zero attached hydrogens (tertiary/aromatic N) is 3. The molecule has 2 N–H and O–H groups in total. The molecule has 0 amide bonds. The lowest BCUT2D eigenvalue weighted by Gasteiger charge is -2.10. The van der Waals surface area contributed by atoms with Crippen LogP contribution in [0.2, 0.25) is 0 Å². The number of nitriles is 1. The minimum absolute atomic E-state index is 0.0373. The normalized spacial score (nSPS) is 11.3. The molecule has 7 nitrogen and oxygen atoms in total. The van der Waals surface area contributed by atoms with Gasteiger partial charge >= 0.3 is 6.36 Å². The van der Waals surface area contributed by atoms with Gasteiger partial charge in [-0.3, -0.25) is 9.78 Å². The van der Waals surface area contributed by atoms with E-state index in [0.717, 1.165) is 0 Å². The Bertz CT molecular complexity index is 1460. The summed E-state index contributed by atoms with van der Waals surface area (Å²) < 4.78 is 41.1. The van der Waals surface area contributed by atoms with Crippen LogP contribution in [0.15, 0.2) is 88.8 Å². The number of nitrogens with one attached hydrogen (secondary N) is 2. The Labute approximate surface area is 197 Å². The van der Waals surface area contributed by atoms with Gasteiger partial charge in [-0.05, 0) is 23.3 Å². The summed E-state index contributed by atoms with van der Waals surface area (Å²) in [5.41, 5.74) is 4.77. The minimum Gasteiger partial charge on any atom is -0.406 e. The lowest BCUT2D eigenvalue weighted by molar-refractivity contribution is -0.274. The predicted molar refractivity (Wildman–Crippen MR) is 125 cm³/mol. The average Bonchev–Trinajstić information content (AvgIpc) is 2.84. The molecule has 0 aliphatic carbocycles. The van der Waals surface area contributed by atoms with Crippen molar-refractivity contribution < 1.29 is 17.9 Å². The number of ether oxygens (including phenoxy) is 1. The monoisotopic (exact) mass is 475 g/mol. The largest absolute Gasteiger partial charge is 0.573 e. The van der Waals surface area contributed by atoms with E-state index in [0.29, 0.717) is 22.3 Å². The summed E-state index contributed by atoms with van der Waals surface area (Å²) in [7, 11) is 0. The van der Waals surface area contributed by atoms with E-state index in [9.17, 15) is 23.2 Å². The number of hydrazone groups is 1. The Morgan fingerprint density at radius 2 is 1.66 bits per heavy atom. The molecule has 0 aliphatic rings. The van der Waals surface area contributed by atoms with Crippen molar-refractivity contribution in [3.8, 4) is 34.2 Å². The Kier molecular flexibility index (Phi) is 6.59. The summed E-state index contributed by atoms with van der Waals surface area (Å²) in [5.74, 6) is -0.283. The topological polar surface area (TPSA) is 103 Å². The third-order valence-corrected chi connectivity index (χ3v) is 4.81. The predicted octanol–water partition coefficient (Wildman–Crippen LogP) is 5.32. The van der Waals surface area contributed by atoms with Gasteiger partial charge in [-0.15, -0.1) is 13.2 Å². The summed E-state index contributed by atoms with van der Waals surface area (Å²) in [5, 5.41) is 13.5. The van der Waals surface area contributed by atoms with Crippen molar-refractivity contribution in [1.29, 1.82) is 5.26 Å². The van der Waals surface area contributed by atoms with E-state index in [-0.39, 0.29) is 23.0 Å². The SMILES string of the molecule is N#Cc1c(-c2ccccc2)nc(NN=Cc2ccccc2-c2ccc(OC(F)(F)F)cc2)[nH]c1=O. The molecule has 35 heavy (non-hydrogen) atoms. The Hall–Kier alpha value is -4.91. The first-order valence-electron chi connectivity index (χ1n) is 10.2. The van der Waals surface area contributed by atoms with Crippen molar-refractivity contribution in [3.63, 3.8) is 0 Å². The summed E-state index contributed by atoms with van der Waals surface area (Å²) >= 11 is 0. The number of anilines is 1. The highest BCUT2D eigenvalue weighted by atomic mass is 19.4. The molecule has 10 heteroatoms. The number of H-pyrrole nitrogens is 1. The number of hydrogen-bond acceptors (Lipinski definition) is 6. The molecule has 4 aromatic rings. The fourth-order valence-electron chi connectivity index (χ4n) is 3.31. The number of alkyl halides is 3. The van der Waals surface area contributed by atoms with Crippen LogP contribution < -0.4 is 15.7 Å². The third-order valence-electron chi connectivity index (χ3n) is 4.81. The van der Waals surface area contributed by atoms with Crippen LogP contribution in [0.5, 0.6) is 5.75 Å². The van der Waals surface area contributed by atoms with Gasteiger partial charge in [0.1, 0.15) is 17.4 Å². The van der Waals surface area contributed by atoms with E-state index in [2.05, 4.69) is 25.2 Å². The minimum atomic E-state index is -4.77. The molecule has 1 heterocycles. The van der Waals surface area contributed by atoms with Gasteiger partial charge in [0.2, 0.25) is 5.95 Å². The van der Waals surface area contributed by atoms with Gasteiger partial charge in [-0.1, -0.05) is 66.7 Å². The molecule has 0 fully saturated rings. The van der Waals surface area contributed by atoms with Crippen molar-refractivity contribution in [3.05, 3.63) is 100 Å².